The van der Waals surface area contributed by atoms with Crippen LogP contribution < -0.4 is 10.6 Å². The molecule has 134 valence electrons. The predicted molar refractivity (Wildman–Crippen MR) is 107 cm³/mol. The van der Waals surface area contributed by atoms with E-state index in [1.807, 2.05) is 42.2 Å². The number of carbonyl (C=O) groups excluding carboxylic acids is 1. The third-order valence-corrected chi connectivity index (χ3v) is 3.75. The van der Waals surface area contributed by atoms with Gasteiger partial charge in [-0.3, -0.25) is 4.79 Å². The Morgan fingerprint density at radius 2 is 2.08 bits per heavy atom. The molecular formula is C17H27IN4O2. The molecule has 0 radical (unpaired) electrons. The fourth-order valence-electron chi connectivity index (χ4n) is 2.55. The van der Waals surface area contributed by atoms with Crippen molar-refractivity contribution in [3.63, 3.8) is 0 Å². The molecule has 6 nitrogen and oxygen atoms in total. The lowest BCUT2D eigenvalue weighted by Crippen LogP contribution is -2.41. The van der Waals surface area contributed by atoms with Crippen LogP contribution in [0, 0.1) is 0 Å². The molecular weight excluding hydrogens is 419 g/mol. The second kappa shape index (κ2) is 11.2. The van der Waals surface area contributed by atoms with Gasteiger partial charge < -0.3 is 20.6 Å². The molecule has 0 saturated carbocycles. The molecule has 0 unspecified atom stereocenters. The molecule has 2 rings (SSSR count). The predicted octanol–water partition coefficient (Wildman–Crippen LogP) is 0.995. The summed E-state index contributed by atoms with van der Waals surface area (Å²) in [4.78, 5) is 18.3. The summed E-state index contributed by atoms with van der Waals surface area (Å²) in [5, 5.41) is 15.7. The summed E-state index contributed by atoms with van der Waals surface area (Å²) in [7, 11) is 0. The van der Waals surface area contributed by atoms with Gasteiger partial charge in [-0.05, 0) is 25.3 Å². The van der Waals surface area contributed by atoms with E-state index in [0.29, 0.717) is 19.0 Å². The number of carbonyl (C=O) groups is 1. The molecule has 1 aromatic carbocycles. The molecule has 3 N–H and O–H groups in total. The minimum absolute atomic E-state index is 0. The maximum Gasteiger partial charge on any atom is 0.241 e. The molecule has 24 heavy (non-hydrogen) atoms. The molecule has 1 heterocycles. The number of amides is 1. The molecule has 1 aliphatic rings. The van der Waals surface area contributed by atoms with Crippen molar-refractivity contribution >= 4 is 35.8 Å². The van der Waals surface area contributed by atoms with Crippen LogP contribution in [0.1, 0.15) is 18.9 Å². The quantitative estimate of drug-likeness (QED) is 0.346. The number of nitrogens with zero attached hydrogens (tertiary/aromatic N) is 2. The standard InChI is InChI=1S/C17H26N4O2.HI/c1-2-18-17(21-11-9-15(22)13-21)20-12-16(23)19-10-8-14-6-4-3-5-7-14;/h3-7,15,22H,2,8-13H2,1H3,(H,18,20)(H,19,23);1H/t15-;/m1./s1. The van der Waals surface area contributed by atoms with E-state index >= 15 is 0 Å². The zero-order chi connectivity index (χ0) is 16.5. The van der Waals surface area contributed by atoms with E-state index in [1.165, 1.54) is 5.56 Å². The Hall–Kier alpha value is -1.35. The van der Waals surface area contributed by atoms with E-state index < -0.39 is 0 Å². The lowest BCUT2D eigenvalue weighted by Gasteiger charge is -2.20. The van der Waals surface area contributed by atoms with Crippen LogP contribution in [0.4, 0.5) is 0 Å². The van der Waals surface area contributed by atoms with Gasteiger partial charge in [-0.2, -0.15) is 0 Å². The van der Waals surface area contributed by atoms with Gasteiger partial charge in [0.2, 0.25) is 5.91 Å². The van der Waals surface area contributed by atoms with E-state index in [1.54, 1.807) is 0 Å². The van der Waals surface area contributed by atoms with Crippen LogP contribution in [0.5, 0.6) is 0 Å². The minimum atomic E-state index is -0.307. The molecule has 7 heteroatoms. The van der Waals surface area contributed by atoms with Crippen molar-refractivity contribution in [3.05, 3.63) is 35.9 Å². The first-order valence-corrected chi connectivity index (χ1v) is 8.21. The van der Waals surface area contributed by atoms with Gasteiger partial charge in [0.05, 0.1) is 6.10 Å². The summed E-state index contributed by atoms with van der Waals surface area (Å²) >= 11 is 0. The Balaban J connectivity index is 0.00000288. The van der Waals surface area contributed by atoms with Crippen LogP contribution in [0.3, 0.4) is 0 Å². The van der Waals surface area contributed by atoms with E-state index in [4.69, 9.17) is 0 Å². The van der Waals surface area contributed by atoms with Crippen LogP contribution in [0.25, 0.3) is 0 Å². The number of halogens is 1. The largest absolute Gasteiger partial charge is 0.391 e. The Morgan fingerprint density at radius 1 is 1.33 bits per heavy atom. The van der Waals surface area contributed by atoms with Crippen molar-refractivity contribution in [2.45, 2.75) is 25.9 Å². The lowest BCUT2D eigenvalue weighted by atomic mass is 10.1. The molecule has 1 aliphatic heterocycles. The highest BCUT2D eigenvalue weighted by atomic mass is 127. The number of hydrogen-bond donors (Lipinski definition) is 3. The fraction of sp³-hybridized carbons (Fsp3) is 0.529. The summed E-state index contributed by atoms with van der Waals surface area (Å²) in [6, 6.07) is 10.1. The van der Waals surface area contributed by atoms with Gasteiger partial charge in [0, 0.05) is 26.2 Å². The molecule has 0 bridgehead atoms. The molecule has 0 spiro atoms. The van der Waals surface area contributed by atoms with Crippen LogP contribution in [0.2, 0.25) is 0 Å². The van der Waals surface area contributed by atoms with Crippen molar-refractivity contribution in [2.75, 3.05) is 32.7 Å². The highest BCUT2D eigenvalue weighted by Crippen LogP contribution is 2.08. The number of nitrogens with one attached hydrogen (secondary N) is 2. The van der Waals surface area contributed by atoms with Crippen LogP contribution in [0.15, 0.2) is 35.3 Å². The van der Waals surface area contributed by atoms with Crippen LogP contribution in [-0.4, -0.2) is 60.7 Å². The van der Waals surface area contributed by atoms with Crippen LogP contribution in [-0.2, 0) is 11.2 Å². The number of aliphatic hydroxyl groups is 1. The monoisotopic (exact) mass is 446 g/mol. The molecule has 1 amide bonds. The second-order valence-electron chi connectivity index (χ2n) is 5.64. The molecule has 0 aliphatic carbocycles. The first-order chi connectivity index (χ1) is 11.2. The van der Waals surface area contributed by atoms with Crippen molar-refractivity contribution in [1.29, 1.82) is 0 Å². The number of rotatable bonds is 6. The van der Waals surface area contributed by atoms with E-state index in [2.05, 4.69) is 15.6 Å². The summed E-state index contributed by atoms with van der Waals surface area (Å²) < 4.78 is 0. The average Bonchev–Trinajstić information content (AvgIpc) is 2.99. The highest BCUT2D eigenvalue weighted by Gasteiger charge is 2.22. The second-order valence-corrected chi connectivity index (χ2v) is 5.64. The molecule has 1 fully saturated rings. The lowest BCUT2D eigenvalue weighted by molar-refractivity contribution is -0.119. The number of hydrogen-bond acceptors (Lipinski definition) is 3. The minimum Gasteiger partial charge on any atom is -0.391 e. The van der Waals surface area contributed by atoms with Gasteiger partial charge in [0.1, 0.15) is 6.54 Å². The first-order valence-electron chi connectivity index (χ1n) is 8.21. The number of guanidine groups is 1. The van der Waals surface area contributed by atoms with E-state index in [-0.39, 0.29) is 42.5 Å². The SMILES string of the molecule is CCNC(=NCC(=O)NCCc1ccccc1)N1CC[C@@H](O)C1.I. The number of benzene rings is 1. The fourth-order valence-corrected chi connectivity index (χ4v) is 2.55. The first kappa shape index (κ1) is 20.7. The summed E-state index contributed by atoms with van der Waals surface area (Å²) in [6.45, 7) is 4.77. The van der Waals surface area contributed by atoms with Crippen molar-refractivity contribution in [1.82, 2.24) is 15.5 Å². The number of likely N-dealkylation sites (tertiary alicyclic amines) is 1. The smallest absolute Gasteiger partial charge is 0.241 e. The molecule has 0 aromatic heterocycles. The Kier molecular flexibility index (Phi) is 9.70. The Morgan fingerprint density at radius 3 is 2.71 bits per heavy atom. The number of aliphatic imine (C=N–C) groups is 1. The van der Waals surface area contributed by atoms with Gasteiger partial charge in [0.15, 0.2) is 5.96 Å². The summed E-state index contributed by atoms with van der Waals surface area (Å²) in [6.07, 6.45) is 1.25. The van der Waals surface area contributed by atoms with Crippen LogP contribution >= 0.6 is 24.0 Å². The number of β-amino-alcohol motifs (C(OH)–C–C–N with tert-alkyl or cyclic N) is 1. The summed E-state index contributed by atoms with van der Waals surface area (Å²) in [5.41, 5.74) is 1.20. The van der Waals surface area contributed by atoms with Crippen molar-refractivity contribution < 1.29 is 9.90 Å². The third kappa shape index (κ3) is 7.04. The van der Waals surface area contributed by atoms with Gasteiger partial charge in [-0.25, -0.2) is 4.99 Å². The topological polar surface area (TPSA) is 77.0 Å². The molecule has 1 aromatic rings. The Bertz CT molecular complexity index is 525. The summed E-state index contributed by atoms with van der Waals surface area (Å²) in [5.74, 6) is 0.610. The van der Waals surface area contributed by atoms with Gasteiger partial charge in [-0.15, -0.1) is 24.0 Å². The average molecular weight is 446 g/mol. The zero-order valence-corrected chi connectivity index (χ0v) is 16.4. The van der Waals surface area contributed by atoms with E-state index in [0.717, 1.165) is 25.9 Å². The maximum atomic E-state index is 11.9. The Labute approximate surface area is 160 Å². The van der Waals surface area contributed by atoms with Gasteiger partial charge in [0.25, 0.3) is 0 Å². The van der Waals surface area contributed by atoms with Crippen molar-refractivity contribution in [3.8, 4) is 0 Å². The highest BCUT2D eigenvalue weighted by molar-refractivity contribution is 14.0. The van der Waals surface area contributed by atoms with E-state index in [9.17, 15) is 9.90 Å². The maximum absolute atomic E-state index is 11.9. The molecule has 1 saturated heterocycles. The van der Waals surface area contributed by atoms with Gasteiger partial charge in [-0.1, -0.05) is 30.3 Å². The zero-order valence-electron chi connectivity index (χ0n) is 14.1. The van der Waals surface area contributed by atoms with Crippen molar-refractivity contribution in [2.24, 2.45) is 4.99 Å². The van der Waals surface area contributed by atoms with Gasteiger partial charge >= 0.3 is 0 Å². The number of aliphatic hydroxyl groups excluding tert-OH is 1. The third-order valence-electron chi connectivity index (χ3n) is 3.75. The normalized spacial score (nSPS) is 17.3. The molecule has 1 atom stereocenters.